The molecule has 32 heavy (non-hydrogen) atoms. The van der Waals surface area contributed by atoms with Gasteiger partial charge in [0.05, 0.1) is 10.9 Å². The van der Waals surface area contributed by atoms with Crippen molar-refractivity contribution in [3.05, 3.63) is 88.4 Å². The molecule has 0 aliphatic carbocycles. The van der Waals surface area contributed by atoms with Crippen molar-refractivity contribution >= 4 is 33.2 Å². The van der Waals surface area contributed by atoms with Gasteiger partial charge in [-0.3, -0.25) is 9.52 Å². The zero-order valence-corrected chi connectivity index (χ0v) is 19.6. The molecule has 1 unspecified atom stereocenters. The summed E-state index contributed by atoms with van der Waals surface area (Å²) in [6.45, 7) is 5.56. The third kappa shape index (κ3) is 6.24. The second kappa shape index (κ2) is 10.1. The van der Waals surface area contributed by atoms with E-state index < -0.39 is 10.0 Å². The van der Waals surface area contributed by atoms with E-state index in [-0.39, 0.29) is 23.5 Å². The molecule has 0 heterocycles. The van der Waals surface area contributed by atoms with Crippen molar-refractivity contribution in [3.8, 4) is 5.75 Å². The summed E-state index contributed by atoms with van der Waals surface area (Å²) in [6, 6.07) is 18.3. The maximum atomic E-state index is 12.6. The van der Waals surface area contributed by atoms with Crippen molar-refractivity contribution in [3.63, 3.8) is 0 Å². The zero-order chi connectivity index (χ0) is 23.3. The Morgan fingerprint density at radius 3 is 2.25 bits per heavy atom. The molecule has 6 nitrogen and oxygen atoms in total. The lowest BCUT2D eigenvalue weighted by atomic mass is 10.1. The van der Waals surface area contributed by atoms with Crippen molar-refractivity contribution in [2.75, 3.05) is 11.3 Å². The molecule has 1 amide bonds. The summed E-state index contributed by atoms with van der Waals surface area (Å²) in [5.41, 5.74) is 3.51. The number of halogens is 1. The van der Waals surface area contributed by atoms with E-state index in [4.69, 9.17) is 16.3 Å². The number of carbonyl (C=O) groups excluding carboxylic acids is 1. The first kappa shape index (κ1) is 23.6. The maximum absolute atomic E-state index is 12.6. The number of hydrogen-bond donors (Lipinski definition) is 2. The van der Waals surface area contributed by atoms with Crippen LogP contribution in [-0.4, -0.2) is 20.9 Å². The van der Waals surface area contributed by atoms with Crippen molar-refractivity contribution in [1.29, 1.82) is 0 Å². The number of nitrogens with one attached hydrogen (secondary N) is 2. The summed E-state index contributed by atoms with van der Waals surface area (Å²) in [7, 11) is -3.73. The molecule has 0 fully saturated rings. The molecule has 1 atom stereocenters. The molecule has 0 saturated carbocycles. The first-order chi connectivity index (χ1) is 15.1. The van der Waals surface area contributed by atoms with Crippen LogP contribution >= 0.6 is 11.6 Å². The normalized spacial score (nSPS) is 12.1. The summed E-state index contributed by atoms with van der Waals surface area (Å²) in [5, 5.41) is 3.47. The summed E-state index contributed by atoms with van der Waals surface area (Å²) in [4.78, 5) is 12.3. The van der Waals surface area contributed by atoms with Gasteiger partial charge < -0.3 is 10.1 Å². The highest BCUT2D eigenvalue weighted by Gasteiger charge is 2.15. The van der Waals surface area contributed by atoms with Gasteiger partial charge in [-0.05, 0) is 86.0 Å². The monoisotopic (exact) mass is 472 g/mol. The molecule has 168 valence electrons. The Bertz CT molecular complexity index is 1190. The smallest absolute Gasteiger partial charge is 0.261 e. The first-order valence-electron chi connectivity index (χ1n) is 10.0. The van der Waals surface area contributed by atoms with Gasteiger partial charge in [0.2, 0.25) is 0 Å². The van der Waals surface area contributed by atoms with Gasteiger partial charge >= 0.3 is 0 Å². The molecule has 0 aliphatic rings. The number of carbonyl (C=O) groups is 1. The molecule has 0 aliphatic heterocycles. The van der Waals surface area contributed by atoms with Crippen LogP contribution in [0.2, 0.25) is 5.02 Å². The number of amides is 1. The van der Waals surface area contributed by atoms with E-state index in [1.165, 1.54) is 24.3 Å². The molecule has 8 heteroatoms. The Balaban J connectivity index is 1.56. The maximum Gasteiger partial charge on any atom is 0.261 e. The van der Waals surface area contributed by atoms with Gasteiger partial charge in [-0.25, -0.2) is 8.42 Å². The van der Waals surface area contributed by atoms with Crippen LogP contribution in [0, 0.1) is 13.8 Å². The van der Waals surface area contributed by atoms with E-state index >= 15 is 0 Å². The highest BCUT2D eigenvalue weighted by molar-refractivity contribution is 7.92. The van der Waals surface area contributed by atoms with Crippen molar-refractivity contribution in [2.24, 2.45) is 0 Å². The first-order valence-corrected chi connectivity index (χ1v) is 11.9. The topological polar surface area (TPSA) is 84.5 Å². The molecule has 0 spiro atoms. The van der Waals surface area contributed by atoms with Crippen LogP contribution in [-0.2, 0) is 14.8 Å². The minimum Gasteiger partial charge on any atom is -0.484 e. The Hall–Kier alpha value is -3.03. The lowest BCUT2D eigenvalue weighted by Crippen LogP contribution is -2.31. The van der Waals surface area contributed by atoms with Gasteiger partial charge in [0.25, 0.3) is 15.9 Å². The van der Waals surface area contributed by atoms with E-state index in [1.807, 2.05) is 39.0 Å². The molecule has 3 aromatic rings. The van der Waals surface area contributed by atoms with Gasteiger partial charge in [-0.15, -0.1) is 0 Å². The molecule has 0 radical (unpaired) electrons. The third-order valence-corrected chi connectivity index (χ3v) is 6.66. The van der Waals surface area contributed by atoms with Crippen LogP contribution in [0.1, 0.15) is 29.7 Å². The predicted octanol–water partition coefficient (Wildman–Crippen LogP) is 5.01. The Morgan fingerprint density at radius 2 is 1.62 bits per heavy atom. The van der Waals surface area contributed by atoms with Crippen molar-refractivity contribution < 1.29 is 17.9 Å². The lowest BCUT2D eigenvalue weighted by molar-refractivity contribution is -0.123. The number of benzene rings is 3. The standard InChI is InChI=1S/C24H25ClN2O4S/c1-16-4-9-21(14-17(16)2)27-32(29,30)23-12-10-22(11-13-23)31-15-24(28)26-18(3)19-5-7-20(25)8-6-19/h4-14,18,27H,15H2,1-3H3,(H,26,28). The van der Waals surface area contributed by atoms with E-state index in [1.54, 1.807) is 24.3 Å². The van der Waals surface area contributed by atoms with Crippen LogP contribution < -0.4 is 14.8 Å². The number of hydrogen-bond acceptors (Lipinski definition) is 4. The highest BCUT2D eigenvalue weighted by Crippen LogP contribution is 2.21. The van der Waals surface area contributed by atoms with E-state index in [0.717, 1.165) is 16.7 Å². The Kier molecular flexibility index (Phi) is 7.43. The van der Waals surface area contributed by atoms with Gasteiger partial charge in [0.1, 0.15) is 5.75 Å². The molecule has 0 bridgehead atoms. The third-order valence-electron chi connectivity index (χ3n) is 5.01. The van der Waals surface area contributed by atoms with Crippen LogP contribution in [0.3, 0.4) is 0 Å². The zero-order valence-electron chi connectivity index (χ0n) is 18.1. The number of sulfonamides is 1. The van der Waals surface area contributed by atoms with Crippen molar-refractivity contribution in [2.45, 2.75) is 31.7 Å². The predicted molar refractivity (Wildman–Crippen MR) is 127 cm³/mol. The average molecular weight is 473 g/mol. The second-order valence-corrected chi connectivity index (χ2v) is 9.62. The van der Waals surface area contributed by atoms with E-state index in [0.29, 0.717) is 16.5 Å². The number of rotatable bonds is 8. The number of aryl methyl sites for hydroxylation is 2. The summed E-state index contributed by atoms with van der Waals surface area (Å²) in [6.07, 6.45) is 0. The van der Waals surface area contributed by atoms with Crippen LogP contribution in [0.15, 0.2) is 71.6 Å². The summed E-state index contributed by atoms with van der Waals surface area (Å²) < 4.78 is 33.3. The lowest BCUT2D eigenvalue weighted by Gasteiger charge is -2.15. The molecular formula is C24H25ClN2O4S. The minimum absolute atomic E-state index is 0.101. The fourth-order valence-corrected chi connectivity index (χ4v) is 4.18. The summed E-state index contributed by atoms with van der Waals surface area (Å²) in [5.74, 6) is 0.102. The minimum atomic E-state index is -3.73. The van der Waals surface area contributed by atoms with Gasteiger partial charge in [0, 0.05) is 10.7 Å². The fraction of sp³-hybridized carbons (Fsp3) is 0.208. The Morgan fingerprint density at radius 1 is 0.969 bits per heavy atom. The van der Waals surface area contributed by atoms with Crippen LogP contribution in [0.5, 0.6) is 5.75 Å². The summed E-state index contributed by atoms with van der Waals surface area (Å²) >= 11 is 5.88. The fourth-order valence-electron chi connectivity index (χ4n) is 3.00. The van der Waals surface area contributed by atoms with Crippen LogP contribution in [0.4, 0.5) is 5.69 Å². The number of anilines is 1. The van der Waals surface area contributed by atoms with Gasteiger partial charge in [-0.1, -0.05) is 29.8 Å². The van der Waals surface area contributed by atoms with Crippen molar-refractivity contribution in [1.82, 2.24) is 5.32 Å². The van der Waals surface area contributed by atoms with Gasteiger partial charge in [-0.2, -0.15) is 0 Å². The number of ether oxygens (including phenoxy) is 1. The molecule has 0 aromatic heterocycles. The van der Waals surface area contributed by atoms with E-state index in [9.17, 15) is 13.2 Å². The molecule has 0 saturated heterocycles. The highest BCUT2D eigenvalue weighted by atomic mass is 35.5. The molecule has 3 aromatic carbocycles. The molecular weight excluding hydrogens is 448 g/mol. The average Bonchev–Trinajstić information content (AvgIpc) is 2.75. The largest absolute Gasteiger partial charge is 0.484 e. The Labute approximate surface area is 193 Å². The SMILES string of the molecule is Cc1ccc(NS(=O)(=O)c2ccc(OCC(=O)NC(C)c3ccc(Cl)cc3)cc2)cc1C. The molecule has 2 N–H and O–H groups in total. The second-order valence-electron chi connectivity index (χ2n) is 7.51. The quantitative estimate of drug-likeness (QED) is 0.482. The van der Waals surface area contributed by atoms with E-state index in [2.05, 4.69) is 10.0 Å². The van der Waals surface area contributed by atoms with Crippen LogP contribution in [0.25, 0.3) is 0 Å². The molecule has 3 rings (SSSR count). The van der Waals surface area contributed by atoms with Gasteiger partial charge in [0.15, 0.2) is 6.61 Å².